The normalized spacial score (nSPS) is 20.8. The van der Waals surface area contributed by atoms with E-state index in [1.807, 2.05) is 0 Å². The van der Waals surface area contributed by atoms with Crippen molar-refractivity contribution in [1.82, 2.24) is 0 Å². The molecule has 1 aromatic carbocycles. The molecule has 11 heteroatoms. The van der Waals surface area contributed by atoms with Crippen molar-refractivity contribution in [2.75, 3.05) is 0 Å². The molecule has 1 aromatic rings. The molecule has 1 aliphatic carbocycles. The largest absolute Gasteiger partial charge is 0.459 e. The van der Waals surface area contributed by atoms with Gasteiger partial charge < -0.3 is 4.74 Å². The van der Waals surface area contributed by atoms with Crippen LogP contribution in [-0.4, -0.2) is 28.1 Å². The highest BCUT2D eigenvalue weighted by atomic mass is 19.4. The molecule has 0 radical (unpaired) electrons. The summed E-state index contributed by atoms with van der Waals surface area (Å²) in [5.74, 6) is -2.48. The quantitative estimate of drug-likeness (QED) is 0.458. The van der Waals surface area contributed by atoms with Crippen molar-refractivity contribution < 1.29 is 32.5 Å². The summed E-state index contributed by atoms with van der Waals surface area (Å²) >= 11 is 0. The maximum atomic E-state index is 12.6. The number of halogens is 3. The number of hydrogen-bond donors (Lipinski definition) is 0. The highest BCUT2D eigenvalue weighted by Gasteiger charge is 2.42. The minimum Gasteiger partial charge on any atom is -0.459 e. The molecular weight excluding hydrogens is 349 g/mol. The van der Waals surface area contributed by atoms with Crippen molar-refractivity contribution >= 4 is 17.3 Å². The van der Waals surface area contributed by atoms with E-state index < -0.39 is 45.4 Å². The van der Waals surface area contributed by atoms with Crippen molar-refractivity contribution in [3.8, 4) is 0 Å². The van der Waals surface area contributed by atoms with Crippen LogP contribution < -0.4 is 0 Å². The Kier molecular flexibility index (Phi) is 5.24. The second-order valence-corrected chi connectivity index (χ2v) is 5.67. The van der Waals surface area contributed by atoms with Gasteiger partial charge in [0.2, 0.25) is 0 Å². The molecule has 0 atom stereocenters. The molecule has 1 aliphatic rings. The van der Waals surface area contributed by atoms with Gasteiger partial charge in [-0.05, 0) is 25.7 Å². The van der Waals surface area contributed by atoms with Crippen molar-refractivity contribution in [3.63, 3.8) is 0 Å². The third-order valence-corrected chi connectivity index (χ3v) is 3.97. The van der Waals surface area contributed by atoms with Crippen molar-refractivity contribution in [2.24, 2.45) is 5.92 Å². The Balaban J connectivity index is 2.09. The Bertz CT molecular complexity index is 666. The third-order valence-electron chi connectivity index (χ3n) is 3.97. The fourth-order valence-corrected chi connectivity index (χ4v) is 2.65. The van der Waals surface area contributed by atoms with Crippen LogP contribution in [0.15, 0.2) is 18.2 Å². The molecule has 0 aromatic heterocycles. The van der Waals surface area contributed by atoms with Gasteiger partial charge in [0.1, 0.15) is 6.10 Å². The molecule has 1 saturated carbocycles. The van der Waals surface area contributed by atoms with Crippen LogP contribution in [0.2, 0.25) is 0 Å². The highest BCUT2D eigenvalue weighted by Crippen LogP contribution is 2.38. The molecule has 0 aliphatic heterocycles. The standard InChI is InChI=1S/C14H13F3N2O6/c15-14(16,17)9-1-3-12(4-2-9)25-13(20)8-5-10(18(21)22)7-11(6-8)19(23)24/h5-7,9,12H,1-4H2. The summed E-state index contributed by atoms with van der Waals surface area (Å²) in [4.78, 5) is 31.9. The van der Waals surface area contributed by atoms with Gasteiger partial charge in [-0.15, -0.1) is 0 Å². The molecule has 0 bridgehead atoms. The zero-order valence-electron chi connectivity index (χ0n) is 12.7. The number of nitro groups is 2. The summed E-state index contributed by atoms with van der Waals surface area (Å²) in [5.41, 5.74) is -1.69. The predicted octanol–water partition coefficient (Wildman–Crippen LogP) is 3.78. The van der Waals surface area contributed by atoms with Crippen molar-refractivity contribution in [1.29, 1.82) is 0 Å². The number of alkyl halides is 3. The first-order valence-corrected chi connectivity index (χ1v) is 7.29. The lowest BCUT2D eigenvalue weighted by Gasteiger charge is -2.29. The molecule has 0 spiro atoms. The van der Waals surface area contributed by atoms with Crippen LogP contribution in [0.1, 0.15) is 36.0 Å². The van der Waals surface area contributed by atoms with Gasteiger partial charge >= 0.3 is 12.1 Å². The van der Waals surface area contributed by atoms with Crippen molar-refractivity contribution in [3.05, 3.63) is 44.0 Å². The minimum absolute atomic E-state index is 0.00688. The molecule has 0 amide bonds. The molecule has 0 unspecified atom stereocenters. The number of non-ortho nitro benzene ring substituents is 2. The second-order valence-electron chi connectivity index (χ2n) is 5.67. The van der Waals surface area contributed by atoms with Crippen LogP contribution >= 0.6 is 0 Å². The fourth-order valence-electron chi connectivity index (χ4n) is 2.65. The van der Waals surface area contributed by atoms with E-state index in [0.29, 0.717) is 6.07 Å². The zero-order valence-corrected chi connectivity index (χ0v) is 12.7. The zero-order chi connectivity index (χ0) is 18.8. The maximum absolute atomic E-state index is 12.6. The molecule has 0 heterocycles. The first kappa shape index (κ1) is 18.6. The van der Waals surface area contributed by atoms with E-state index in [1.54, 1.807) is 0 Å². The molecule has 25 heavy (non-hydrogen) atoms. The monoisotopic (exact) mass is 362 g/mol. The topological polar surface area (TPSA) is 113 Å². The van der Waals surface area contributed by atoms with E-state index in [4.69, 9.17) is 4.74 Å². The number of ether oxygens (including phenoxy) is 1. The third kappa shape index (κ3) is 4.64. The summed E-state index contributed by atoms with van der Waals surface area (Å²) < 4.78 is 42.9. The van der Waals surface area contributed by atoms with Crippen molar-refractivity contribution in [2.45, 2.75) is 38.0 Å². The highest BCUT2D eigenvalue weighted by molar-refractivity contribution is 5.91. The number of benzene rings is 1. The van der Waals surface area contributed by atoms with Crippen LogP contribution in [0.25, 0.3) is 0 Å². The molecule has 0 N–H and O–H groups in total. The molecular formula is C14H13F3N2O6. The summed E-state index contributed by atoms with van der Waals surface area (Å²) in [5, 5.41) is 21.6. The number of carbonyl (C=O) groups is 1. The Labute approximate surface area is 138 Å². The first-order valence-electron chi connectivity index (χ1n) is 7.29. The van der Waals surface area contributed by atoms with Gasteiger partial charge in [-0.1, -0.05) is 0 Å². The van der Waals surface area contributed by atoms with Gasteiger partial charge in [0.05, 0.1) is 27.4 Å². The van der Waals surface area contributed by atoms with E-state index in [2.05, 4.69) is 0 Å². The van der Waals surface area contributed by atoms with Crippen LogP contribution in [0.3, 0.4) is 0 Å². The SMILES string of the molecule is O=C(OC1CCC(C(F)(F)F)CC1)c1cc([N+](=O)[O-])cc([N+](=O)[O-])c1. The predicted molar refractivity (Wildman–Crippen MR) is 77.0 cm³/mol. The maximum Gasteiger partial charge on any atom is 0.391 e. The van der Waals surface area contributed by atoms with E-state index >= 15 is 0 Å². The average molecular weight is 362 g/mol. The smallest absolute Gasteiger partial charge is 0.391 e. The Morgan fingerprint density at radius 3 is 1.88 bits per heavy atom. The number of hydrogen-bond acceptors (Lipinski definition) is 6. The summed E-state index contributed by atoms with van der Waals surface area (Å²) in [7, 11) is 0. The van der Waals surface area contributed by atoms with Gasteiger partial charge in [-0.25, -0.2) is 4.79 Å². The number of nitrogens with zero attached hydrogens (tertiary/aromatic N) is 2. The lowest BCUT2D eigenvalue weighted by Crippen LogP contribution is -2.31. The minimum atomic E-state index is -4.30. The number of esters is 1. The molecule has 136 valence electrons. The molecule has 0 saturated heterocycles. The number of carbonyl (C=O) groups excluding carboxylic acids is 1. The van der Waals surface area contributed by atoms with Crippen LogP contribution in [-0.2, 0) is 4.74 Å². The Hall–Kier alpha value is -2.72. The van der Waals surface area contributed by atoms with Gasteiger partial charge in [0.25, 0.3) is 11.4 Å². The lowest BCUT2D eigenvalue weighted by atomic mass is 9.87. The van der Waals surface area contributed by atoms with E-state index in [1.165, 1.54) is 0 Å². The Morgan fingerprint density at radius 1 is 1.00 bits per heavy atom. The summed E-state index contributed by atoms with van der Waals surface area (Å²) in [6, 6.07) is 2.36. The van der Waals surface area contributed by atoms with Crippen LogP contribution in [0, 0.1) is 26.1 Å². The summed E-state index contributed by atoms with van der Waals surface area (Å²) in [6.45, 7) is 0. The first-order chi connectivity index (χ1) is 11.6. The number of rotatable bonds is 4. The number of nitro benzene ring substituents is 2. The van der Waals surface area contributed by atoms with Gasteiger partial charge in [-0.3, -0.25) is 20.2 Å². The molecule has 1 fully saturated rings. The lowest BCUT2D eigenvalue weighted by molar-refractivity contribution is -0.394. The van der Waals surface area contributed by atoms with E-state index in [-0.39, 0.29) is 31.2 Å². The second kappa shape index (κ2) is 7.03. The Morgan fingerprint density at radius 2 is 1.48 bits per heavy atom. The fraction of sp³-hybridized carbons (Fsp3) is 0.500. The van der Waals surface area contributed by atoms with Gasteiger partial charge in [0.15, 0.2) is 0 Å². The summed E-state index contributed by atoms with van der Waals surface area (Å²) in [6.07, 6.45) is -5.41. The van der Waals surface area contributed by atoms with Gasteiger partial charge in [0, 0.05) is 12.1 Å². The average Bonchev–Trinajstić information content (AvgIpc) is 2.53. The van der Waals surface area contributed by atoms with Crippen LogP contribution in [0.5, 0.6) is 0 Å². The molecule has 8 nitrogen and oxygen atoms in total. The van der Waals surface area contributed by atoms with E-state index in [0.717, 1.165) is 12.1 Å². The van der Waals surface area contributed by atoms with E-state index in [9.17, 15) is 38.2 Å². The van der Waals surface area contributed by atoms with Gasteiger partial charge in [-0.2, -0.15) is 13.2 Å². The molecule has 2 rings (SSSR count). The van der Waals surface area contributed by atoms with Crippen LogP contribution in [0.4, 0.5) is 24.5 Å².